The Morgan fingerprint density at radius 2 is 1.88 bits per heavy atom. The van der Waals surface area contributed by atoms with E-state index in [1.807, 2.05) is 45.2 Å². The van der Waals surface area contributed by atoms with Crippen molar-refractivity contribution in [2.75, 3.05) is 7.05 Å². The van der Waals surface area contributed by atoms with E-state index in [2.05, 4.69) is 43.3 Å². The van der Waals surface area contributed by atoms with Gasteiger partial charge in [0.2, 0.25) is 0 Å². The lowest BCUT2D eigenvalue weighted by Crippen LogP contribution is -2.23. The molecule has 0 amide bonds. The summed E-state index contributed by atoms with van der Waals surface area (Å²) in [6.45, 7) is 6.22. The van der Waals surface area contributed by atoms with Crippen molar-refractivity contribution in [3.63, 3.8) is 0 Å². The molecule has 0 aliphatic heterocycles. The molecule has 0 radical (unpaired) electrons. The largest absolute Gasteiger partial charge is 0.307 e. The number of hydrogen-bond donors (Lipinski definition) is 0. The van der Waals surface area contributed by atoms with Crippen molar-refractivity contribution >= 4 is 35.2 Å². The third kappa shape index (κ3) is 4.88. The van der Waals surface area contributed by atoms with Crippen LogP contribution in [0.3, 0.4) is 0 Å². The van der Waals surface area contributed by atoms with Gasteiger partial charge in [-0.2, -0.15) is 10.2 Å². The lowest BCUT2D eigenvalue weighted by atomic mass is 10.2. The predicted molar refractivity (Wildman–Crippen MR) is 133 cm³/mol. The average Bonchev–Trinajstić information content (AvgIpc) is 3.43. The van der Waals surface area contributed by atoms with Crippen molar-refractivity contribution < 1.29 is 0 Å². The van der Waals surface area contributed by atoms with Gasteiger partial charge in [-0.05, 0) is 56.2 Å². The molecule has 3 aromatic heterocycles. The van der Waals surface area contributed by atoms with Crippen LogP contribution in [0.1, 0.15) is 33.2 Å². The van der Waals surface area contributed by atoms with Gasteiger partial charge >= 0.3 is 0 Å². The molecule has 3 heterocycles. The molecule has 168 valence electrons. The summed E-state index contributed by atoms with van der Waals surface area (Å²) in [4.78, 5) is 3.50. The van der Waals surface area contributed by atoms with Crippen LogP contribution in [0.25, 0.3) is 0 Å². The third-order valence-electron chi connectivity index (χ3n) is 5.66. The molecule has 0 N–H and O–H groups in total. The predicted octanol–water partition coefficient (Wildman–Crippen LogP) is 5.21. The summed E-state index contributed by atoms with van der Waals surface area (Å²) < 4.78 is 6.66. The van der Waals surface area contributed by atoms with Crippen molar-refractivity contribution in [3.8, 4) is 0 Å². The smallest absolute Gasteiger partial charge is 0.198 e. The van der Waals surface area contributed by atoms with Crippen molar-refractivity contribution in [1.82, 2.24) is 29.0 Å². The van der Waals surface area contributed by atoms with Gasteiger partial charge in [0.25, 0.3) is 0 Å². The van der Waals surface area contributed by atoms with Crippen LogP contribution in [-0.2, 0) is 33.2 Å². The number of aromatic nitrogens is 5. The summed E-state index contributed by atoms with van der Waals surface area (Å²) in [7, 11) is 4.07. The van der Waals surface area contributed by atoms with Crippen molar-refractivity contribution in [2.45, 2.75) is 40.0 Å². The van der Waals surface area contributed by atoms with Crippen LogP contribution in [0.15, 0.2) is 41.8 Å². The van der Waals surface area contributed by atoms with Gasteiger partial charge in [-0.25, -0.2) is 4.68 Å². The lowest BCUT2D eigenvalue weighted by molar-refractivity contribution is 0.242. The molecule has 6 nitrogen and oxygen atoms in total. The highest BCUT2D eigenvalue weighted by molar-refractivity contribution is 7.71. The topological polar surface area (TPSA) is 43.8 Å². The highest BCUT2D eigenvalue weighted by Crippen LogP contribution is 2.21. The van der Waals surface area contributed by atoms with Gasteiger partial charge in [0.05, 0.1) is 18.9 Å². The highest BCUT2D eigenvalue weighted by atomic mass is 35.5. The molecule has 1 aromatic carbocycles. The molecule has 0 spiro atoms. The van der Waals surface area contributed by atoms with Crippen LogP contribution in [0, 0.1) is 18.6 Å². The maximum Gasteiger partial charge on any atom is 0.198 e. The second kappa shape index (κ2) is 9.70. The van der Waals surface area contributed by atoms with E-state index in [9.17, 15) is 0 Å². The fourth-order valence-corrected chi connectivity index (χ4v) is 4.90. The van der Waals surface area contributed by atoms with Gasteiger partial charge in [0.1, 0.15) is 5.82 Å². The molecular formula is C23H27ClN6S2. The van der Waals surface area contributed by atoms with Crippen molar-refractivity contribution in [3.05, 3.63) is 84.8 Å². The Kier molecular flexibility index (Phi) is 6.95. The summed E-state index contributed by atoms with van der Waals surface area (Å²) in [5.74, 6) is 0.978. The van der Waals surface area contributed by atoms with E-state index in [0.29, 0.717) is 13.2 Å². The third-order valence-corrected chi connectivity index (χ3v) is 7.39. The van der Waals surface area contributed by atoms with E-state index in [4.69, 9.17) is 34.0 Å². The number of aryl methyl sites for hydroxylation is 1. The monoisotopic (exact) mass is 486 g/mol. The first-order chi connectivity index (χ1) is 15.3. The summed E-state index contributed by atoms with van der Waals surface area (Å²) in [5, 5.41) is 12.4. The molecule has 9 heteroatoms. The molecule has 0 aliphatic carbocycles. The first kappa shape index (κ1) is 22.9. The fraction of sp³-hybridized carbons (Fsp3) is 0.348. The van der Waals surface area contributed by atoms with Gasteiger partial charge < -0.3 is 4.57 Å². The zero-order chi connectivity index (χ0) is 22.8. The van der Waals surface area contributed by atoms with Crippen LogP contribution < -0.4 is 0 Å². The summed E-state index contributed by atoms with van der Waals surface area (Å²) in [5.41, 5.74) is 4.47. The van der Waals surface area contributed by atoms with E-state index >= 15 is 0 Å². The molecule has 0 aliphatic rings. The molecule has 0 unspecified atom stereocenters. The van der Waals surface area contributed by atoms with Gasteiger partial charge in [-0.15, -0.1) is 11.3 Å². The minimum atomic E-state index is 0.617. The zero-order valence-corrected chi connectivity index (χ0v) is 21.1. The standard InChI is InChI=1S/C23H27ClN6S2/c1-16-20(17(2)29(25-16)13-18-8-5-6-10-21(18)24)14-27(3)15-30-23(31)28(4)22(26-30)12-19-9-7-11-32-19/h5-11H,12-15H2,1-4H3. The van der Waals surface area contributed by atoms with E-state index in [0.717, 1.165) is 45.5 Å². The maximum absolute atomic E-state index is 6.35. The number of hydrogen-bond acceptors (Lipinski definition) is 5. The SMILES string of the molecule is Cc1nn(Cc2ccccc2Cl)c(C)c1CN(C)Cn1nc(Cc2cccs2)n(C)c1=S. The Morgan fingerprint density at radius 3 is 2.59 bits per heavy atom. The maximum atomic E-state index is 6.35. The van der Waals surface area contributed by atoms with Crippen LogP contribution in [0.2, 0.25) is 5.02 Å². The highest BCUT2D eigenvalue weighted by Gasteiger charge is 2.16. The fourth-order valence-electron chi connectivity index (χ4n) is 3.80. The van der Waals surface area contributed by atoms with Crippen LogP contribution in [0.5, 0.6) is 0 Å². The molecule has 0 saturated carbocycles. The second-order valence-corrected chi connectivity index (χ2v) is 9.87. The molecule has 0 fully saturated rings. The van der Waals surface area contributed by atoms with E-state index in [1.54, 1.807) is 11.3 Å². The summed E-state index contributed by atoms with van der Waals surface area (Å²) >= 11 is 13.7. The van der Waals surface area contributed by atoms with Crippen LogP contribution >= 0.6 is 35.2 Å². The summed E-state index contributed by atoms with van der Waals surface area (Å²) in [6.07, 6.45) is 0.793. The molecule has 4 rings (SSSR count). The molecule has 4 aromatic rings. The molecule has 32 heavy (non-hydrogen) atoms. The van der Waals surface area contributed by atoms with Gasteiger partial charge in [0, 0.05) is 41.2 Å². The number of benzene rings is 1. The Hall–Kier alpha value is -2.26. The Morgan fingerprint density at radius 1 is 1.09 bits per heavy atom. The Bertz CT molecular complexity index is 1270. The van der Waals surface area contributed by atoms with Crippen molar-refractivity contribution in [1.29, 1.82) is 0 Å². The zero-order valence-electron chi connectivity index (χ0n) is 18.7. The first-order valence-corrected chi connectivity index (χ1v) is 12.1. The lowest BCUT2D eigenvalue weighted by Gasteiger charge is -2.17. The average molecular weight is 487 g/mol. The number of nitrogens with zero attached hydrogens (tertiary/aromatic N) is 6. The number of halogens is 1. The van der Waals surface area contributed by atoms with E-state index < -0.39 is 0 Å². The van der Waals surface area contributed by atoms with Crippen molar-refractivity contribution in [2.24, 2.45) is 7.05 Å². The first-order valence-electron chi connectivity index (χ1n) is 10.4. The molecule has 0 saturated heterocycles. The minimum Gasteiger partial charge on any atom is -0.307 e. The van der Waals surface area contributed by atoms with Gasteiger partial charge in [-0.3, -0.25) is 9.58 Å². The van der Waals surface area contributed by atoms with E-state index in [1.165, 1.54) is 10.4 Å². The Balaban J connectivity index is 1.48. The summed E-state index contributed by atoms with van der Waals surface area (Å²) in [6, 6.07) is 12.1. The van der Waals surface area contributed by atoms with Crippen LogP contribution in [0.4, 0.5) is 0 Å². The number of thiophene rings is 1. The second-order valence-electron chi connectivity index (χ2n) is 8.07. The number of rotatable bonds is 8. The minimum absolute atomic E-state index is 0.617. The normalized spacial score (nSPS) is 11.6. The van der Waals surface area contributed by atoms with Crippen LogP contribution in [-0.4, -0.2) is 36.1 Å². The van der Waals surface area contributed by atoms with Gasteiger partial charge in [0.15, 0.2) is 4.77 Å². The molecular weight excluding hydrogens is 460 g/mol. The Labute approximate surface area is 202 Å². The molecule has 0 bridgehead atoms. The molecule has 0 atom stereocenters. The quantitative estimate of drug-likeness (QED) is 0.321. The van der Waals surface area contributed by atoms with Gasteiger partial charge in [-0.1, -0.05) is 35.9 Å². The van der Waals surface area contributed by atoms with E-state index in [-0.39, 0.29) is 0 Å².